The zero-order valence-electron chi connectivity index (χ0n) is 31.6. The van der Waals surface area contributed by atoms with Gasteiger partial charge in [0.15, 0.2) is 13.6 Å². The van der Waals surface area contributed by atoms with Gasteiger partial charge in [0.05, 0.1) is 67.8 Å². The maximum atomic E-state index is 11.1. The van der Waals surface area contributed by atoms with Gasteiger partial charge in [-0.2, -0.15) is 0 Å². The number of carboxylic acids is 2. The Kier molecular flexibility index (Phi) is 12.9. The monoisotopic (exact) mass is 910 g/mol. The molecule has 14 heteroatoms. The predicted octanol–water partition coefficient (Wildman–Crippen LogP) is 10.4. The molecule has 2 unspecified atom stereocenters. The van der Waals surface area contributed by atoms with Gasteiger partial charge in [0, 0.05) is 22.2 Å². The number of hydrogen-bond acceptors (Lipinski definition) is 8. The minimum Gasteiger partial charge on any atom is -0.481 e. The first-order valence-corrected chi connectivity index (χ1v) is 20.2. The van der Waals surface area contributed by atoms with Crippen LogP contribution >= 0.6 is 31.9 Å². The summed E-state index contributed by atoms with van der Waals surface area (Å²) in [4.78, 5) is 39.5. The Balaban J connectivity index is 1.22. The summed E-state index contributed by atoms with van der Waals surface area (Å²) >= 11 is 7.67. The first kappa shape index (κ1) is 40.6. The van der Waals surface area contributed by atoms with Gasteiger partial charge in [-0.05, 0) is 129 Å². The van der Waals surface area contributed by atoms with Crippen molar-refractivity contribution in [3.8, 4) is 33.8 Å². The van der Waals surface area contributed by atoms with Crippen molar-refractivity contribution < 1.29 is 38.7 Å². The maximum Gasteiger partial charge on any atom is 0.306 e. The molecule has 7 rings (SSSR count). The van der Waals surface area contributed by atoms with Crippen LogP contribution in [0.2, 0.25) is 0 Å². The molecule has 12 nitrogen and oxygen atoms in total. The Hall–Kier alpha value is -5.54. The van der Waals surface area contributed by atoms with Crippen molar-refractivity contribution in [2.75, 3.05) is 26.8 Å². The molecule has 2 atom stereocenters. The van der Waals surface area contributed by atoms with Crippen molar-refractivity contribution in [1.82, 2.24) is 19.9 Å². The fraction of sp³-hybridized carbons (Fsp3) is 0.227. The third-order valence-electron chi connectivity index (χ3n) is 9.76. The van der Waals surface area contributed by atoms with E-state index in [1.54, 1.807) is 13.8 Å². The topological polar surface area (TPSA) is 169 Å². The summed E-state index contributed by atoms with van der Waals surface area (Å²) in [5.74, 6) is -1.43. The quantitative estimate of drug-likeness (QED) is 0.0541. The number of hydrogen-bond donors (Lipinski definition) is 4. The number of H-pyrrole nitrogens is 2. The van der Waals surface area contributed by atoms with Gasteiger partial charge < -0.3 is 39.1 Å². The summed E-state index contributed by atoms with van der Waals surface area (Å²) < 4.78 is 24.2. The number of nitrogens with zero attached hydrogens (tertiary/aromatic N) is 2. The van der Waals surface area contributed by atoms with E-state index in [1.165, 1.54) is 0 Å². The minimum atomic E-state index is -0.848. The summed E-state index contributed by atoms with van der Waals surface area (Å²) in [7, 11) is 0. The Morgan fingerprint density at radius 2 is 0.931 bits per heavy atom. The summed E-state index contributed by atoms with van der Waals surface area (Å²) in [6.07, 6.45) is 8.76. The van der Waals surface area contributed by atoms with Gasteiger partial charge in [-0.25, -0.2) is 9.97 Å². The lowest BCUT2D eigenvalue weighted by atomic mass is 10.0. The predicted molar refractivity (Wildman–Crippen MR) is 231 cm³/mol. The first-order valence-electron chi connectivity index (χ1n) is 18.6. The number of rotatable bonds is 16. The van der Waals surface area contributed by atoms with E-state index in [2.05, 4.69) is 41.8 Å². The van der Waals surface area contributed by atoms with E-state index in [-0.39, 0.29) is 26.8 Å². The molecule has 0 amide bonds. The van der Waals surface area contributed by atoms with Crippen LogP contribution < -0.4 is 9.47 Å². The minimum absolute atomic E-state index is 0.0114. The normalized spacial score (nSPS) is 13.0. The number of halogens is 2. The molecule has 4 N–H and O–H groups in total. The molecule has 5 heterocycles. The lowest BCUT2D eigenvalue weighted by molar-refractivity contribution is -0.142. The molecule has 2 aliphatic heterocycles. The van der Waals surface area contributed by atoms with Crippen LogP contribution in [0.1, 0.15) is 49.5 Å². The molecule has 0 radical (unpaired) electrons. The standard InChI is InChI=1S/C44H40Br2N4O8/c1-25(43(51)52)19-21-55-23-57-29-7-3-27(4-8-29)39-31-11-15-35(47-31)41(45)37-17-13-33(49-37)40(34-14-18-38(50-34)42(46)36-16-12-32(39)48-36)28-5-9-30(10-6-28)58-24-56-22-20-26(2)44(53)54/h3-18,25-26,47,50H,19-24H2,1-2H3,(H,51,52)(H,53,54). The molecule has 0 spiro atoms. The van der Waals surface area contributed by atoms with Gasteiger partial charge >= 0.3 is 11.9 Å². The highest BCUT2D eigenvalue weighted by Crippen LogP contribution is 2.37. The van der Waals surface area contributed by atoms with Crippen LogP contribution in [0.5, 0.6) is 11.5 Å². The summed E-state index contributed by atoms with van der Waals surface area (Å²) in [6, 6.07) is 23.4. The molecule has 298 valence electrons. The van der Waals surface area contributed by atoms with Gasteiger partial charge in [0.2, 0.25) is 0 Å². The molecule has 0 aliphatic carbocycles. The fourth-order valence-electron chi connectivity index (χ4n) is 6.28. The average molecular weight is 913 g/mol. The van der Waals surface area contributed by atoms with Gasteiger partial charge in [0.1, 0.15) is 11.5 Å². The number of fused-ring (bicyclic) bond motifs is 8. The fourth-order valence-corrected chi connectivity index (χ4v) is 7.19. The SMILES string of the molecule is CC(CCOCOc1ccc(-c2c3nc(c(Br)c4ccc([nH]4)c(-c4ccc(OCOCCC(C)C(=O)O)cc4)c4nc(c(Br)c5ccc2[nH]5)C=C4)C=C3)cc1)C(=O)O. The molecule has 2 aliphatic rings. The number of carbonyl (C=O) groups is 2. The summed E-state index contributed by atoms with van der Waals surface area (Å²) in [6.45, 7) is 3.90. The molecular weight excluding hydrogens is 872 g/mol. The molecule has 0 fully saturated rings. The number of aromatic nitrogens is 4. The van der Waals surface area contributed by atoms with Crippen molar-refractivity contribution in [2.24, 2.45) is 11.8 Å². The molecule has 0 saturated heterocycles. The highest BCUT2D eigenvalue weighted by molar-refractivity contribution is 9.11. The smallest absolute Gasteiger partial charge is 0.306 e. The van der Waals surface area contributed by atoms with E-state index >= 15 is 0 Å². The lowest BCUT2D eigenvalue weighted by Crippen LogP contribution is -2.13. The van der Waals surface area contributed by atoms with Gasteiger partial charge in [0.25, 0.3) is 0 Å². The lowest BCUT2D eigenvalue weighted by Gasteiger charge is -2.10. The third kappa shape index (κ3) is 9.42. The van der Waals surface area contributed by atoms with Crippen molar-refractivity contribution in [1.29, 1.82) is 0 Å². The van der Waals surface area contributed by atoms with Gasteiger partial charge in [-0.15, -0.1) is 0 Å². The third-order valence-corrected chi connectivity index (χ3v) is 11.4. The van der Waals surface area contributed by atoms with E-state index in [9.17, 15) is 9.59 Å². The number of ether oxygens (including phenoxy) is 4. The number of nitrogens with one attached hydrogen (secondary N) is 2. The Labute approximate surface area is 350 Å². The maximum absolute atomic E-state index is 11.1. The largest absolute Gasteiger partial charge is 0.481 e. The Bertz CT molecular complexity index is 2370. The van der Waals surface area contributed by atoms with Crippen LogP contribution in [0.25, 0.3) is 68.6 Å². The van der Waals surface area contributed by atoms with E-state index < -0.39 is 23.8 Å². The molecule has 0 saturated carbocycles. The molecule has 3 aromatic heterocycles. The van der Waals surface area contributed by atoms with Crippen LogP contribution in [-0.4, -0.2) is 68.9 Å². The second kappa shape index (κ2) is 18.4. The van der Waals surface area contributed by atoms with Crippen molar-refractivity contribution in [3.05, 3.63) is 105 Å². The molecule has 2 aromatic carbocycles. The average Bonchev–Trinajstić information content (AvgIpc) is 4.07. The van der Waals surface area contributed by atoms with E-state index in [0.29, 0.717) is 24.3 Å². The highest BCUT2D eigenvalue weighted by Gasteiger charge is 2.17. The van der Waals surface area contributed by atoms with Gasteiger partial charge in [-0.1, -0.05) is 38.1 Å². The number of benzene rings is 2. The van der Waals surface area contributed by atoms with Crippen LogP contribution in [0.4, 0.5) is 0 Å². The summed E-state index contributed by atoms with van der Waals surface area (Å²) in [5.41, 5.74) is 10.0. The second-order valence-electron chi connectivity index (χ2n) is 13.8. The van der Waals surface area contributed by atoms with E-state index in [0.717, 1.165) is 76.0 Å². The first-order chi connectivity index (χ1) is 28.0. The number of aliphatic carboxylic acids is 2. The Morgan fingerprint density at radius 1 is 0.569 bits per heavy atom. The van der Waals surface area contributed by atoms with Crippen LogP contribution in [0.15, 0.2) is 81.7 Å². The zero-order valence-corrected chi connectivity index (χ0v) is 34.8. The van der Waals surface area contributed by atoms with Gasteiger partial charge in [-0.3, -0.25) is 9.59 Å². The number of aromatic amines is 2. The highest BCUT2D eigenvalue weighted by atomic mass is 79.9. The van der Waals surface area contributed by atoms with Crippen LogP contribution in [0, 0.1) is 11.8 Å². The van der Waals surface area contributed by atoms with Crippen LogP contribution in [-0.2, 0) is 19.1 Å². The van der Waals surface area contributed by atoms with Crippen molar-refractivity contribution in [2.45, 2.75) is 26.7 Å². The van der Waals surface area contributed by atoms with Crippen LogP contribution in [0.3, 0.4) is 0 Å². The second-order valence-corrected chi connectivity index (χ2v) is 15.4. The summed E-state index contributed by atoms with van der Waals surface area (Å²) in [5, 5.41) is 18.2. The van der Waals surface area contributed by atoms with E-state index in [4.69, 9.17) is 39.1 Å². The molecule has 5 aromatic rings. The van der Waals surface area contributed by atoms with Crippen molar-refractivity contribution in [3.63, 3.8) is 0 Å². The van der Waals surface area contributed by atoms with E-state index in [1.807, 2.05) is 97.1 Å². The molecule has 8 bridgehead atoms. The molecular formula is C44H40Br2N4O8. The Morgan fingerprint density at radius 3 is 1.31 bits per heavy atom. The number of carboxylic acid groups (broad SMARTS) is 2. The zero-order chi connectivity index (χ0) is 40.8. The van der Waals surface area contributed by atoms with Crippen molar-refractivity contribution >= 4 is 90.2 Å². The molecule has 58 heavy (non-hydrogen) atoms.